The van der Waals surface area contributed by atoms with Crippen molar-refractivity contribution in [3.05, 3.63) is 133 Å². The Labute approximate surface area is 196 Å². The van der Waals surface area contributed by atoms with Gasteiger partial charge in [0.2, 0.25) is 0 Å². The van der Waals surface area contributed by atoms with E-state index in [9.17, 15) is 9.59 Å². The third-order valence-corrected chi connectivity index (χ3v) is 4.88. The Hall–Kier alpha value is -4.84. The lowest BCUT2D eigenvalue weighted by atomic mass is 10.0. The molecule has 0 aliphatic rings. The smallest absolute Gasteiger partial charge is 0.243 e. The number of carbonyl (C=O) groups excluding carboxylic acids is 2. The first-order valence-corrected chi connectivity index (χ1v) is 10.4. The molecule has 0 radical (unpaired) electrons. The summed E-state index contributed by atoms with van der Waals surface area (Å²) in [5.74, 6) is -2.03. The predicted octanol–water partition coefficient (Wildman–Crippen LogP) is 6.37. The fourth-order valence-corrected chi connectivity index (χ4v) is 3.14. The molecule has 6 nitrogen and oxygen atoms in total. The topological polar surface area (TPSA) is 71.1 Å². The van der Waals surface area contributed by atoms with Gasteiger partial charge in [0.25, 0.3) is 0 Å². The van der Waals surface area contributed by atoms with E-state index in [4.69, 9.17) is 9.78 Å². The minimum absolute atomic E-state index is 0.267. The molecule has 4 aromatic rings. The quantitative estimate of drug-likeness (QED) is 0.176. The first kappa shape index (κ1) is 22.4. The Morgan fingerprint density at radius 2 is 0.765 bits per heavy atom. The van der Waals surface area contributed by atoms with Crippen molar-refractivity contribution < 1.29 is 29.1 Å². The average molecular weight is 452 g/mol. The number of rotatable bonds is 8. The van der Waals surface area contributed by atoms with Crippen LogP contribution < -0.4 is 0 Å². The Balaban J connectivity index is 1.24. The summed E-state index contributed by atoms with van der Waals surface area (Å²) in [6, 6.07) is 33.1. The van der Waals surface area contributed by atoms with Gasteiger partial charge in [0.1, 0.15) is 0 Å². The van der Waals surface area contributed by atoms with E-state index in [1.54, 1.807) is 48.5 Å². The summed E-state index contributed by atoms with van der Waals surface area (Å²) in [6.07, 6.45) is 0. The van der Waals surface area contributed by atoms with Gasteiger partial charge < -0.3 is 0 Å². The molecule has 6 heteroatoms. The van der Waals surface area contributed by atoms with Crippen LogP contribution in [-0.2, 0) is 19.6 Å². The summed E-state index contributed by atoms with van der Waals surface area (Å²) >= 11 is 0. The minimum atomic E-state index is -0.757. The summed E-state index contributed by atoms with van der Waals surface area (Å²) in [7, 11) is 0. The Morgan fingerprint density at radius 3 is 1.12 bits per heavy atom. The summed E-state index contributed by atoms with van der Waals surface area (Å²) in [5, 5.41) is 0. The third-order valence-electron chi connectivity index (χ3n) is 4.88. The number of hydrogen-bond donors (Lipinski definition) is 0. The van der Waals surface area contributed by atoms with E-state index >= 15 is 0 Å². The van der Waals surface area contributed by atoms with Crippen LogP contribution in [0.1, 0.15) is 20.7 Å². The highest BCUT2D eigenvalue weighted by Crippen LogP contribution is 2.21. The van der Waals surface area contributed by atoms with E-state index in [0.717, 1.165) is 22.3 Å². The fourth-order valence-electron chi connectivity index (χ4n) is 3.14. The molecule has 0 saturated heterocycles. The maximum atomic E-state index is 12.2. The maximum absolute atomic E-state index is 12.2. The number of carbonyl (C=O) groups is 2. The largest absolute Gasteiger partial charge is 0.386 e. The lowest BCUT2D eigenvalue weighted by Gasteiger charge is -2.08. The van der Waals surface area contributed by atoms with Crippen LogP contribution in [0.3, 0.4) is 0 Å². The lowest BCUT2D eigenvalue weighted by Crippen LogP contribution is -2.10. The highest BCUT2D eigenvalue weighted by atomic mass is 17.3. The van der Waals surface area contributed by atoms with Crippen molar-refractivity contribution in [2.75, 3.05) is 0 Å². The Morgan fingerprint density at radius 1 is 0.441 bits per heavy atom. The highest BCUT2D eigenvalue weighted by Gasteiger charge is 2.14. The second kappa shape index (κ2) is 10.7. The van der Waals surface area contributed by atoms with E-state index in [-0.39, 0.29) is 11.1 Å². The zero-order valence-corrected chi connectivity index (χ0v) is 18.0. The summed E-state index contributed by atoms with van der Waals surface area (Å²) in [5.41, 5.74) is 4.49. The summed E-state index contributed by atoms with van der Waals surface area (Å²) in [4.78, 5) is 43.1. The predicted molar refractivity (Wildman–Crippen MR) is 126 cm³/mol. The van der Waals surface area contributed by atoms with E-state index in [1.165, 1.54) is 0 Å². The van der Waals surface area contributed by atoms with Crippen molar-refractivity contribution >= 4 is 11.9 Å². The molecule has 0 aliphatic carbocycles. The number of benzene rings is 4. The van der Waals surface area contributed by atoms with E-state index in [0.29, 0.717) is 0 Å². The molecule has 0 spiro atoms. The number of hydrogen-bond acceptors (Lipinski definition) is 6. The fraction of sp³-hybridized carbons (Fsp3) is 0. The summed E-state index contributed by atoms with van der Waals surface area (Å²) < 4.78 is 0. The molecule has 0 fully saturated rings. The molecule has 0 aromatic heterocycles. The van der Waals surface area contributed by atoms with Crippen LogP contribution >= 0.6 is 0 Å². The zero-order chi connectivity index (χ0) is 23.8. The van der Waals surface area contributed by atoms with Crippen LogP contribution in [0.4, 0.5) is 0 Å². The SMILES string of the molecule is C=C(OOC(=O)c1ccc(-c2ccccc2)cc1)OOC(=O)c1ccc(-c2ccccc2)cc1. The van der Waals surface area contributed by atoms with Crippen LogP contribution in [0.5, 0.6) is 0 Å². The van der Waals surface area contributed by atoms with Gasteiger partial charge in [-0.3, -0.25) is 0 Å². The molecule has 0 atom stereocenters. The normalized spacial score (nSPS) is 10.1. The van der Waals surface area contributed by atoms with Gasteiger partial charge in [-0.2, -0.15) is 0 Å². The van der Waals surface area contributed by atoms with Gasteiger partial charge in [-0.25, -0.2) is 29.1 Å². The van der Waals surface area contributed by atoms with Gasteiger partial charge in [0, 0.05) is 0 Å². The third kappa shape index (κ3) is 5.69. The van der Waals surface area contributed by atoms with Crippen LogP contribution in [0.2, 0.25) is 0 Å². The Kier molecular flexibility index (Phi) is 7.00. The second-order valence-corrected chi connectivity index (χ2v) is 7.17. The van der Waals surface area contributed by atoms with E-state index in [1.807, 2.05) is 60.7 Å². The van der Waals surface area contributed by atoms with Crippen molar-refractivity contribution in [1.29, 1.82) is 0 Å². The van der Waals surface area contributed by atoms with Crippen LogP contribution in [0.15, 0.2) is 122 Å². The molecule has 0 N–H and O–H groups in total. The van der Waals surface area contributed by atoms with E-state index in [2.05, 4.69) is 16.4 Å². The Bertz CT molecular complexity index is 1160. The molecule has 0 saturated carbocycles. The molecule has 0 unspecified atom stereocenters. The molecule has 0 heterocycles. The lowest BCUT2D eigenvalue weighted by molar-refractivity contribution is -0.317. The zero-order valence-electron chi connectivity index (χ0n) is 18.0. The van der Waals surface area contributed by atoms with E-state index < -0.39 is 17.9 Å². The monoisotopic (exact) mass is 452 g/mol. The second-order valence-electron chi connectivity index (χ2n) is 7.17. The molecular formula is C28H20O6. The van der Waals surface area contributed by atoms with Crippen LogP contribution in [0.25, 0.3) is 22.3 Å². The molecule has 0 aliphatic heterocycles. The highest BCUT2D eigenvalue weighted by molar-refractivity contribution is 5.90. The van der Waals surface area contributed by atoms with Crippen molar-refractivity contribution in [3.8, 4) is 22.3 Å². The van der Waals surface area contributed by atoms with Crippen LogP contribution in [-0.4, -0.2) is 11.9 Å². The summed E-state index contributed by atoms with van der Waals surface area (Å²) in [6.45, 7) is 3.39. The first-order valence-electron chi connectivity index (χ1n) is 10.4. The van der Waals surface area contributed by atoms with Gasteiger partial charge in [0.15, 0.2) is 0 Å². The van der Waals surface area contributed by atoms with Gasteiger partial charge in [0.05, 0.1) is 11.1 Å². The molecule has 0 amide bonds. The van der Waals surface area contributed by atoms with Crippen molar-refractivity contribution in [2.24, 2.45) is 0 Å². The van der Waals surface area contributed by atoms with Crippen molar-refractivity contribution in [1.82, 2.24) is 0 Å². The molecular weight excluding hydrogens is 432 g/mol. The standard InChI is InChI=1S/C28H20O6/c1-20(31-33-27(29)25-16-12-23(13-17-25)21-8-4-2-5-9-21)32-34-28(30)26-18-14-24(15-19-26)22-10-6-3-7-11-22/h2-19H,1H2. The molecule has 0 bridgehead atoms. The molecule has 168 valence electrons. The molecule has 4 aromatic carbocycles. The average Bonchev–Trinajstić information content (AvgIpc) is 2.91. The van der Waals surface area contributed by atoms with Crippen LogP contribution in [0, 0.1) is 0 Å². The minimum Gasteiger partial charge on any atom is -0.243 e. The van der Waals surface area contributed by atoms with Gasteiger partial charge in [-0.1, -0.05) is 84.9 Å². The van der Waals surface area contributed by atoms with Gasteiger partial charge in [-0.05, 0) is 53.1 Å². The van der Waals surface area contributed by atoms with Crippen molar-refractivity contribution in [3.63, 3.8) is 0 Å². The van der Waals surface area contributed by atoms with Gasteiger partial charge in [-0.15, -0.1) is 0 Å². The molecule has 4 rings (SSSR count). The van der Waals surface area contributed by atoms with Crippen molar-refractivity contribution in [2.45, 2.75) is 0 Å². The molecule has 34 heavy (non-hydrogen) atoms. The first-order chi connectivity index (χ1) is 16.6. The maximum Gasteiger partial charge on any atom is 0.386 e. The van der Waals surface area contributed by atoms with Gasteiger partial charge >= 0.3 is 17.9 Å².